The van der Waals surface area contributed by atoms with E-state index < -0.39 is 12.2 Å². The molecule has 0 amide bonds. The Morgan fingerprint density at radius 2 is 1.79 bits per heavy atom. The summed E-state index contributed by atoms with van der Waals surface area (Å²) in [6, 6.07) is 3.80. The van der Waals surface area contributed by atoms with Crippen molar-refractivity contribution in [1.82, 2.24) is 19.9 Å². The molecular formula is C24H31N7O3. The second kappa shape index (κ2) is 8.94. The molecule has 2 fully saturated rings. The van der Waals surface area contributed by atoms with Crippen molar-refractivity contribution >= 4 is 34.0 Å². The Labute approximate surface area is 198 Å². The van der Waals surface area contributed by atoms with Crippen LogP contribution >= 0.6 is 0 Å². The molecule has 4 atom stereocenters. The molecule has 0 saturated carbocycles. The number of rotatable bonds is 5. The topological polar surface area (TPSA) is 131 Å². The second-order valence-corrected chi connectivity index (χ2v) is 9.50. The maximum atomic E-state index is 10.0. The molecule has 4 N–H and O–H groups in total. The number of piperidine rings is 1. The van der Waals surface area contributed by atoms with Crippen LogP contribution in [0, 0.1) is 0 Å². The summed E-state index contributed by atoms with van der Waals surface area (Å²) >= 11 is 0. The predicted molar refractivity (Wildman–Crippen MR) is 131 cm³/mol. The van der Waals surface area contributed by atoms with Gasteiger partial charge in [0.1, 0.15) is 11.6 Å². The monoisotopic (exact) mass is 465 g/mol. The number of β-amino-alcohol motifs (C(OH)–C–C–N with tert-alkyl or cyclic N) is 2. The minimum Gasteiger partial charge on any atom is -0.390 e. The molecule has 2 aliphatic rings. The summed E-state index contributed by atoms with van der Waals surface area (Å²) in [7, 11) is 0. The van der Waals surface area contributed by atoms with Crippen LogP contribution in [0.25, 0.3) is 10.8 Å². The number of hydrogen-bond donors (Lipinski definition) is 4. The zero-order chi connectivity index (χ0) is 24.0. The van der Waals surface area contributed by atoms with E-state index in [4.69, 9.17) is 4.98 Å². The van der Waals surface area contributed by atoms with Crippen LogP contribution in [-0.4, -0.2) is 79.2 Å². The van der Waals surface area contributed by atoms with Crippen LogP contribution in [0.1, 0.15) is 38.8 Å². The Balaban J connectivity index is 1.44. The summed E-state index contributed by atoms with van der Waals surface area (Å²) in [5.41, 5.74) is 1.97. The van der Waals surface area contributed by atoms with Crippen molar-refractivity contribution in [3.63, 3.8) is 0 Å². The number of aromatic nitrogens is 4. The molecule has 0 aliphatic carbocycles. The van der Waals surface area contributed by atoms with Crippen molar-refractivity contribution in [1.29, 1.82) is 0 Å². The molecule has 2 saturated heterocycles. The average Bonchev–Trinajstić information content (AvgIpc) is 2.83. The number of nitrogens with zero attached hydrogens (tertiary/aromatic N) is 6. The molecule has 10 nitrogen and oxygen atoms in total. The summed E-state index contributed by atoms with van der Waals surface area (Å²) in [5, 5.41) is 35.1. The lowest BCUT2D eigenvalue weighted by Gasteiger charge is -2.45. The number of pyridine rings is 2. The van der Waals surface area contributed by atoms with Gasteiger partial charge in [-0.25, -0.2) is 9.97 Å². The van der Waals surface area contributed by atoms with E-state index in [1.165, 1.54) is 0 Å². The summed E-state index contributed by atoms with van der Waals surface area (Å²) in [6.07, 6.45) is 4.01. The molecule has 34 heavy (non-hydrogen) atoms. The Kier molecular flexibility index (Phi) is 5.97. The zero-order valence-electron chi connectivity index (χ0n) is 19.6. The fraction of sp³-hybridized carbons (Fsp3) is 0.500. The summed E-state index contributed by atoms with van der Waals surface area (Å²) in [4.78, 5) is 22.3. The van der Waals surface area contributed by atoms with Crippen LogP contribution in [0.2, 0.25) is 0 Å². The highest BCUT2D eigenvalue weighted by molar-refractivity contribution is 5.97. The van der Waals surface area contributed by atoms with E-state index >= 15 is 0 Å². The van der Waals surface area contributed by atoms with Gasteiger partial charge in [-0.1, -0.05) is 13.8 Å². The van der Waals surface area contributed by atoms with Crippen LogP contribution < -0.4 is 15.1 Å². The van der Waals surface area contributed by atoms with Crippen molar-refractivity contribution in [2.24, 2.45) is 0 Å². The van der Waals surface area contributed by atoms with Gasteiger partial charge in [0.2, 0.25) is 5.95 Å². The third-order valence-electron chi connectivity index (χ3n) is 6.80. The van der Waals surface area contributed by atoms with Crippen molar-refractivity contribution in [3.8, 4) is 0 Å². The van der Waals surface area contributed by atoms with Gasteiger partial charge < -0.3 is 30.4 Å². The molecule has 0 bridgehead atoms. The standard InChI is InChI=1S/C24H31N7O3/c1-13(2)23-15-8-22(26-9-16(15)17(10-27-23)31-12-19(33)14(31)3)28-21-4-6-25-24(29-21)30-7-5-18(32)20(34)11-30/h4,6,8-10,13-14,18-20,32-34H,5,7,11-12H2,1-3H3,(H,25,26,28,29)/t14-,18-,19+,20+/m1/s1. The van der Waals surface area contributed by atoms with Crippen LogP contribution in [0.15, 0.2) is 30.7 Å². The molecule has 180 valence electrons. The van der Waals surface area contributed by atoms with Gasteiger partial charge in [0, 0.05) is 42.8 Å². The number of hydrogen-bond acceptors (Lipinski definition) is 10. The van der Waals surface area contributed by atoms with Crippen molar-refractivity contribution in [2.45, 2.75) is 57.5 Å². The Morgan fingerprint density at radius 3 is 2.50 bits per heavy atom. The summed E-state index contributed by atoms with van der Waals surface area (Å²) in [6.45, 7) is 7.69. The van der Waals surface area contributed by atoms with Crippen LogP contribution in [-0.2, 0) is 0 Å². The molecule has 10 heteroatoms. The lowest BCUT2D eigenvalue weighted by atomic mass is 9.97. The average molecular weight is 466 g/mol. The van der Waals surface area contributed by atoms with Gasteiger partial charge in [0.15, 0.2) is 0 Å². The highest BCUT2D eigenvalue weighted by Gasteiger charge is 2.35. The fourth-order valence-electron chi connectivity index (χ4n) is 4.61. The van der Waals surface area contributed by atoms with Crippen LogP contribution in [0.5, 0.6) is 0 Å². The molecule has 3 aromatic heterocycles. The smallest absolute Gasteiger partial charge is 0.227 e. The highest BCUT2D eigenvalue weighted by Crippen LogP contribution is 2.36. The first-order valence-electron chi connectivity index (χ1n) is 11.8. The Bertz CT molecular complexity index is 1190. The number of aliphatic hydroxyl groups excluding tert-OH is 3. The first-order chi connectivity index (χ1) is 16.3. The number of nitrogens with one attached hydrogen (secondary N) is 1. The van der Waals surface area contributed by atoms with Gasteiger partial charge in [0.05, 0.1) is 41.9 Å². The second-order valence-electron chi connectivity index (χ2n) is 9.50. The lowest BCUT2D eigenvalue weighted by molar-refractivity contribution is 0.00769. The van der Waals surface area contributed by atoms with Gasteiger partial charge in [-0.3, -0.25) is 4.98 Å². The molecule has 3 aromatic rings. The number of fused-ring (bicyclic) bond motifs is 1. The third kappa shape index (κ3) is 4.13. The van der Waals surface area contributed by atoms with E-state index in [1.54, 1.807) is 12.3 Å². The highest BCUT2D eigenvalue weighted by atomic mass is 16.3. The van der Waals surface area contributed by atoms with E-state index in [2.05, 4.69) is 39.0 Å². The van der Waals surface area contributed by atoms with E-state index in [1.807, 2.05) is 30.3 Å². The Hall–Kier alpha value is -3.08. The van der Waals surface area contributed by atoms with Crippen molar-refractivity contribution in [2.75, 3.05) is 34.8 Å². The van der Waals surface area contributed by atoms with E-state index in [0.29, 0.717) is 37.1 Å². The number of anilines is 4. The lowest BCUT2D eigenvalue weighted by Crippen LogP contribution is -2.58. The van der Waals surface area contributed by atoms with Crippen molar-refractivity contribution < 1.29 is 15.3 Å². The van der Waals surface area contributed by atoms with Crippen LogP contribution in [0.4, 0.5) is 23.3 Å². The number of aliphatic hydroxyl groups is 3. The van der Waals surface area contributed by atoms with Gasteiger partial charge in [0.25, 0.3) is 0 Å². The van der Waals surface area contributed by atoms with Crippen LogP contribution in [0.3, 0.4) is 0 Å². The fourth-order valence-corrected chi connectivity index (χ4v) is 4.61. The van der Waals surface area contributed by atoms with E-state index in [9.17, 15) is 15.3 Å². The molecule has 5 heterocycles. The first-order valence-corrected chi connectivity index (χ1v) is 11.8. The molecule has 0 radical (unpaired) electrons. The molecule has 0 spiro atoms. The predicted octanol–water partition coefficient (Wildman–Crippen LogP) is 1.79. The molecule has 0 aromatic carbocycles. The van der Waals surface area contributed by atoms with Gasteiger partial charge in [-0.2, -0.15) is 4.98 Å². The molecular weight excluding hydrogens is 434 g/mol. The van der Waals surface area contributed by atoms with Crippen molar-refractivity contribution in [3.05, 3.63) is 36.4 Å². The summed E-state index contributed by atoms with van der Waals surface area (Å²) < 4.78 is 0. The summed E-state index contributed by atoms with van der Waals surface area (Å²) in [5.74, 6) is 1.96. The molecule has 0 unspecified atom stereocenters. The minimum atomic E-state index is -0.817. The first kappa shape index (κ1) is 22.7. The van der Waals surface area contributed by atoms with Gasteiger partial charge >= 0.3 is 0 Å². The molecule has 2 aliphatic heterocycles. The van der Waals surface area contributed by atoms with Gasteiger partial charge in [-0.05, 0) is 31.4 Å². The quantitative estimate of drug-likeness (QED) is 0.442. The minimum absolute atomic E-state index is 0.0431. The van der Waals surface area contributed by atoms with E-state index in [-0.39, 0.29) is 24.6 Å². The normalized spacial score (nSPS) is 25.0. The zero-order valence-corrected chi connectivity index (χ0v) is 19.6. The Morgan fingerprint density at radius 1 is 0.971 bits per heavy atom. The third-order valence-corrected chi connectivity index (χ3v) is 6.80. The van der Waals surface area contributed by atoms with E-state index in [0.717, 1.165) is 22.2 Å². The van der Waals surface area contributed by atoms with Gasteiger partial charge in [-0.15, -0.1) is 0 Å². The maximum absolute atomic E-state index is 10.0. The SMILES string of the molecule is CC(C)c1ncc(N2C[C@H](O)[C@H]2C)c2cnc(Nc3ccnc(N4CC[C@@H](O)[C@@H](O)C4)n3)cc12. The maximum Gasteiger partial charge on any atom is 0.227 e. The molecule has 5 rings (SSSR count). The largest absolute Gasteiger partial charge is 0.390 e.